The molecule has 34 heavy (non-hydrogen) atoms. The largest absolute Gasteiger partial charge is 0.410 e. The summed E-state index contributed by atoms with van der Waals surface area (Å²) in [5, 5.41) is 4.79. The molecule has 2 unspecified atom stereocenters. The number of nitrogens with one attached hydrogen (secondary N) is 1. The second-order valence-electron chi connectivity index (χ2n) is 7.73. The molecule has 8 nitrogen and oxygen atoms in total. The van der Waals surface area contributed by atoms with Crippen LogP contribution >= 0.6 is 12.4 Å². The molecular formula is C24H22ClFN6O2. The molecule has 174 valence electrons. The number of nitrogens with two attached hydrogens (primary N) is 1. The third-order valence-electron chi connectivity index (χ3n) is 5.73. The van der Waals surface area contributed by atoms with Gasteiger partial charge in [-0.1, -0.05) is 30.3 Å². The van der Waals surface area contributed by atoms with Crippen molar-refractivity contribution in [1.29, 1.82) is 0 Å². The molecule has 1 fully saturated rings. The Bertz CT molecular complexity index is 1300. The van der Waals surface area contributed by atoms with Crippen LogP contribution in [0, 0.1) is 5.82 Å². The van der Waals surface area contributed by atoms with Crippen molar-refractivity contribution in [3.8, 4) is 0 Å². The normalized spacial score (nSPS) is 21.6. The summed E-state index contributed by atoms with van der Waals surface area (Å²) in [7, 11) is 0. The molecule has 0 amide bonds. The Morgan fingerprint density at radius 3 is 2.68 bits per heavy atom. The number of aliphatic imine (C=N–C) groups is 2. The van der Waals surface area contributed by atoms with Crippen LogP contribution in [-0.4, -0.2) is 47.3 Å². The molecular weight excluding hydrogens is 459 g/mol. The van der Waals surface area contributed by atoms with Crippen LogP contribution in [0.3, 0.4) is 0 Å². The van der Waals surface area contributed by atoms with E-state index in [-0.39, 0.29) is 36.0 Å². The maximum absolute atomic E-state index is 14.5. The van der Waals surface area contributed by atoms with E-state index in [1.165, 1.54) is 6.07 Å². The topological polar surface area (TPSA) is 105 Å². The first-order valence-electron chi connectivity index (χ1n) is 10.5. The van der Waals surface area contributed by atoms with Crippen molar-refractivity contribution in [1.82, 2.24) is 15.2 Å². The maximum Gasteiger partial charge on any atom is 0.363 e. The SMILES string of the molecule is Cl.NC(=Nc1ccncc1)N1CC(/C=C2\N=COC2=O)NCC1c1ccc(F)c2ccccc12. The molecule has 3 aromatic rings. The average molecular weight is 481 g/mol. The Kier molecular flexibility index (Phi) is 6.85. The highest BCUT2D eigenvalue weighted by Gasteiger charge is 2.32. The number of nitrogens with zero attached hydrogens (tertiary/aromatic N) is 4. The highest BCUT2D eigenvalue weighted by molar-refractivity contribution is 5.98. The number of carbonyl (C=O) groups is 1. The van der Waals surface area contributed by atoms with Crippen LogP contribution in [0.25, 0.3) is 10.8 Å². The molecule has 0 radical (unpaired) electrons. The van der Waals surface area contributed by atoms with Crippen LogP contribution in [0.15, 0.2) is 82.7 Å². The highest BCUT2D eigenvalue weighted by Crippen LogP contribution is 2.32. The van der Waals surface area contributed by atoms with Gasteiger partial charge in [0.2, 0.25) is 0 Å². The average Bonchev–Trinajstić information content (AvgIpc) is 3.24. The molecule has 0 aliphatic carbocycles. The van der Waals surface area contributed by atoms with Crippen molar-refractivity contribution >= 4 is 47.2 Å². The van der Waals surface area contributed by atoms with Gasteiger partial charge in [0.05, 0.1) is 11.7 Å². The fraction of sp³-hybridized carbons (Fsp3) is 0.167. The number of aromatic nitrogens is 1. The predicted octanol–water partition coefficient (Wildman–Crippen LogP) is 3.23. The van der Waals surface area contributed by atoms with E-state index >= 15 is 0 Å². The number of hydrogen-bond donors (Lipinski definition) is 2. The van der Waals surface area contributed by atoms with Crippen LogP contribution in [0.4, 0.5) is 10.1 Å². The first-order chi connectivity index (χ1) is 16.1. The Morgan fingerprint density at radius 2 is 1.94 bits per heavy atom. The molecule has 2 aromatic carbocycles. The van der Waals surface area contributed by atoms with Crippen LogP contribution in [0.2, 0.25) is 0 Å². The maximum atomic E-state index is 14.5. The molecule has 1 aromatic heterocycles. The minimum Gasteiger partial charge on any atom is -0.410 e. The number of benzene rings is 2. The van der Waals surface area contributed by atoms with E-state index in [0.29, 0.717) is 30.1 Å². The number of halogens is 2. The minimum atomic E-state index is -0.492. The Hall–Kier alpha value is -3.82. The van der Waals surface area contributed by atoms with Gasteiger partial charge in [-0.25, -0.2) is 19.2 Å². The minimum absolute atomic E-state index is 0. The number of carbonyl (C=O) groups excluding carboxylic acids is 1. The number of esters is 1. The molecule has 1 saturated heterocycles. The molecule has 3 heterocycles. The zero-order valence-electron chi connectivity index (χ0n) is 18.0. The summed E-state index contributed by atoms with van der Waals surface area (Å²) in [5.41, 5.74) is 8.33. The zero-order valence-corrected chi connectivity index (χ0v) is 18.8. The quantitative estimate of drug-likeness (QED) is 0.258. The second kappa shape index (κ2) is 9.98. The summed E-state index contributed by atoms with van der Waals surface area (Å²) in [4.78, 5) is 26.3. The molecule has 0 spiro atoms. The zero-order chi connectivity index (χ0) is 22.8. The molecule has 5 rings (SSSR count). The van der Waals surface area contributed by atoms with Gasteiger partial charge in [-0.15, -0.1) is 12.4 Å². The number of piperazine rings is 1. The standard InChI is InChI=1S/C24H21FN6O2.ClH/c25-20-6-5-19(17-3-1-2-4-18(17)20)22-12-28-16(11-21-23(32)33-14-29-21)13-31(22)24(26)30-15-7-9-27-10-8-15;/h1-11,14,16,22,28H,12-13H2,(H2,26,27,30);1H/b21-11-;. The van der Waals surface area contributed by atoms with Gasteiger partial charge < -0.3 is 20.7 Å². The summed E-state index contributed by atoms with van der Waals surface area (Å²) >= 11 is 0. The summed E-state index contributed by atoms with van der Waals surface area (Å²) in [6, 6.07) is 13.7. The predicted molar refractivity (Wildman–Crippen MR) is 131 cm³/mol. The Morgan fingerprint density at radius 1 is 1.18 bits per heavy atom. The lowest BCUT2D eigenvalue weighted by Gasteiger charge is -2.41. The van der Waals surface area contributed by atoms with Gasteiger partial charge in [0, 0.05) is 36.9 Å². The molecule has 10 heteroatoms. The van der Waals surface area contributed by atoms with Crippen LogP contribution in [0.5, 0.6) is 0 Å². The molecule has 0 bridgehead atoms. The van der Waals surface area contributed by atoms with Gasteiger partial charge >= 0.3 is 5.97 Å². The van der Waals surface area contributed by atoms with Crippen molar-refractivity contribution in [3.63, 3.8) is 0 Å². The molecule has 2 aliphatic rings. The lowest BCUT2D eigenvalue weighted by molar-refractivity contribution is -0.129. The number of pyridine rings is 1. The number of fused-ring (bicyclic) bond motifs is 1. The van der Waals surface area contributed by atoms with E-state index in [9.17, 15) is 9.18 Å². The first-order valence-corrected chi connectivity index (χ1v) is 10.5. The molecule has 2 aliphatic heterocycles. The number of cyclic esters (lactones) is 1. The van der Waals surface area contributed by atoms with E-state index in [1.807, 2.05) is 23.1 Å². The lowest BCUT2D eigenvalue weighted by Crippen LogP contribution is -2.55. The Labute approximate surface area is 201 Å². The highest BCUT2D eigenvalue weighted by atomic mass is 35.5. The monoisotopic (exact) mass is 480 g/mol. The van der Waals surface area contributed by atoms with Gasteiger partial charge in [0.15, 0.2) is 12.4 Å². The van der Waals surface area contributed by atoms with Crippen LogP contribution in [0.1, 0.15) is 11.6 Å². The van der Waals surface area contributed by atoms with Crippen molar-refractivity contribution in [2.45, 2.75) is 12.1 Å². The second-order valence-corrected chi connectivity index (χ2v) is 7.73. The van der Waals surface area contributed by atoms with E-state index in [0.717, 1.165) is 17.4 Å². The fourth-order valence-electron chi connectivity index (χ4n) is 4.16. The Balaban J connectivity index is 0.00000274. The van der Waals surface area contributed by atoms with Gasteiger partial charge in [0.25, 0.3) is 0 Å². The van der Waals surface area contributed by atoms with Crippen molar-refractivity contribution in [2.75, 3.05) is 13.1 Å². The van der Waals surface area contributed by atoms with E-state index < -0.39 is 5.97 Å². The number of hydrogen-bond acceptors (Lipinski definition) is 6. The lowest BCUT2D eigenvalue weighted by atomic mass is 9.95. The van der Waals surface area contributed by atoms with E-state index in [2.05, 4.69) is 20.3 Å². The first kappa shape index (κ1) is 23.3. The van der Waals surface area contributed by atoms with Crippen molar-refractivity contribution in [3.05, 3.63) is 84.1 Å². The molecule has 2 atom stereocenters. The third-order valence-corrected chi connectivity index (χ3v) is 5.73. The smallest absolute Gasteiger partial charge is 0.363 e. The van der Waals surface area contributed by atoms with E-state index in [1.54, 1.807) is 42.7 Å². The number of rotatable bonds is 3. The number of guanidine groups is 1. The summed E-state index contributed by atoms with van der Waals surface area (Å²) in [5.74, 6) is -0.459. The van der Waals surface area contributed by atoms with Crippen LogP contribution < -0.4 is 11.1 Å². The summed E-state index contributed by atoms with van der Waals surface area (Å²) in [6.45, 7) is 0.915. The van der Waals surface area contributed by atoms with Crippen molar-refractivity contribution in [2.24, 2.45) is 15.7 Å². The number of ether oxygens (including phenoxy) is 1. The van der Waals surface area contributed by atoms with Crippen molar-refractivity contribution < 1.29 is 13.9 Å². The van der Waals surface area contributed by atoms with Crippen LogP contribution in [-0.2, 0) is 9.53 Å². The van der Waals surface area contributed by atoms with E-state index in [4.69, 9.17) is 10.5 Å². The summed E-state index contributed by atoms with van der Waals surface area (Å²) in [6.07, 6.45) is 6.14. The van der Waals surface area contributed by atoms with Gasteiger partial charge in [-0.05, 0) is 35.2 Å². The summed E-state index contributed by atoms with van der Waals surface area (Å²) < 4.78 is 19.2. The van der Waals surface area contributed by atoms with Gasteiger partial charge in [-0.3, -0.25) is 4.98 Å². The van der Waals surface area contributed by atoms with Gasteiger partial charge in [-0.2, -0.15) is 0 Å². The molecule has 0 saturated carbocycles. The third kappa shape index (κ3) is 4.61. The van der Waals surface area contributed by atoms with Gasteiger partial charge in [0.1, 0.15) is 11.5 Å². The fourth-order valence-corrected chi connectivity index (χ4v) is 4.16. The molecule has 3 N–H and O–H groups in total.